The molecule has 0 radical (unpaired) electrons. The van der Waals surface area contributed by atoms with Crippen LogP contribution in [0.5, 0.6) is 0 Å². The first kappa shape index (κ1) is 18.4. The molecule has 0 spiro atoms. The summed E-state index contributed by atoms with van der Waals surface area (Å²) in [7, 11) is 0. The molecule has 1 aliphatic rings. The molecule has 84 valence electrons. The Morgan fingerprint density at radius 2 is 1.43 bits per heavy atom. The zero-order chi connectivity index (χ0) is 12.0. The van der Waals surface area contributed by atoms with Crippen molar-refractivity contribution in [3.05, 3.63) is 13.2 Å². The van der Waals surface area contributed by atoms with Gasteiger partial charge in [-0.3, -0.25) is 4.79 Å². The molecule has 6 heteroatoms. The molecule has 0 aromatic carbocycles. The number of carboxylic acid groups (broad SMARTS) is 1. The molecule has 0 aromatic heterocycles. The van der Waals surface area contributed by atoms with Crippen LogP contribution in [0.4, 0.5) is 0 Å². The number of carbonyl (C=O) groups excluding carboxylic acids is 1. The lowest BCUT2D eigenvalue weighted by Crippen LogP contribution is -1.89. The van der Waals surface area contributed by atoms with Crippen LogP contribution < -0.4 is 0 Å². The van der Waals surface area contributed by atoms with Gasteiger partial charge in [-0.25, -0.2) is 4.79 Å². The highest BCUT2D eigenvalue weighted by atomic mass is 17.1. The van der Waals surface area contributed by atoms with Crippen LogP contribution in [0, 0.1) is 0 Å². The van der Waals surface area contributed by atoms with E-state index < -0.39 is 11.9 Å². The topological polar surface area (TPSA) is 96.4 Å². The summed E-state index contributed by atoms with van der Waals surface area (Å²) in [5.41, 5.74) is 0. The highest BCUT2D eigenvalue weighted by Gasteiger charge is 1.94. The first-order valence-electron chi connectivity index (χ1n) is 3.60. The van der Waals surface area contributed by atoms with Crippen LogP contribution in [-0.4, -0.2) is 35.5 Å². The third-order valence-electron chi connectivity index (χ3n) is 0.333. The van der Waals surface area contributed by atoms with Crippen molar-refractivity contribution in [3.8, 4) is 0 Å². The summed E-state index contributed by atoms with van der Waals surface area (Å²) in [5.74, 6) is -1.52. The molecular weight excluding hydrogens is 192 g/mol. The van der Waals surface area contributed by atoms with Gasteiger partial charge in [0.2, 0.25) is 0 Å². The van der Waals surface area contributed by atoms with Crippen LogP contribution in [0.2, 0.25) is 0 Å². The van der Waals surface area contributed by atoms with Crippen LogP contribution >= 0.6 is 0 Å². The molecule has 0 amide bonds. The Morgan fingerprint density at radius 3 is 1.43 bits per heavy atom. The Hall–Kier alpha value is -1.40. The number of hydrogen-bond donors (Lipinski definition) is 2. The molecule has 1 saturated heterocycles. The van der Waals surface area contributed by atoms with Gasteiger partial charge in [0.15, 0.2) is 0 Å². The number of epoxide rings is 1. The minimum atomic E-state index is -0.833. The van der Waals surface area contributed by atoms with Crippen LogP contribution in [0.1, 0.15) is 13.8 Å². The molecule has 1 rings (SSSR count). The molecule has 1 heterocycles. The van der Waals surface area contributed by atoms with Crippen LogP contribution in [0.25, 0.3) is 0 Å². The van der Waals surface area contributed by atoms with Crippen molar-refractivity contribution in [1.29, 1.82) is 0 Å². The maximum absolute atomic E-state index is 9.34. The maximum atomic E-state index is 9.34. The minimum Gasteiger partial charge on any atom is -0.481 e. The third-order valence-corrected chi connectivity index (χ3v) is 0.333. The zero-order valence-corrected chi connectivity index (χ0v) is 8.36. The van der Waals surface area contributed by atoms with Gasteiger partial charge >= 0.3 is 5.97 Å². The second kappa shape index (κ2) is 17.6. The van der Waals surface area contributed by atoms with Crippen molar-refractivity contribution in [1.82, 2.24) is 0 Å². The average Bonchev–Trinajstić information content (AvgIpc) is 2.93. The Morgan fingerprint density at radius 1 is 1.29 bits per heavy atom. The second-order valence-corrected chi connectivity index (χ2v) is 1.71. The van der Waals surface area contributed by atoms with Crippen molar-refractivity contribution in [3.63, 3.8) is 0 Å². The van der Waals surface area contributed by atoms with E-state index in [1.54, 1.807) is 0 Å². The van der Waals surface area contributed by atoms with E-state index in [9.17, 15) is 4.79 Å². The molecule has 2 N–H and O–H groups in total. The number of ether oxygens (including phenoxy) is 1. The molecular formula is C8H16O6. The van der Waals surface area contributed by atoms with Gasteiger partial charge in [0.05, 0.1) is 13.2 Å². The fraction of sp³-hybridized carbons (Fsp3) is 0.500. The summed E-state index contributed by atoms with van der Waals surface area (Å²) >= 11 is 0. The molecule has 0 aromatic rings. The quantitative estimate of drug-likeness (QED) is 0.266. The number of carbonyl (C=O) groups is 2. The molecule has 0 saturated carbocycles. The van der Waals surface area contributed by atoms with Crippen molar-refractivity contribution < 1.29 is 29.6 Å². The van der Waals surface area contributed by atoms with Crippen LogP contribution in [0.15, 0.2) is 13.2 Å². The molecule has 0 atom stereocenters. The highest BCUT2D eigenvalue weighted by Crippen LogP contribution is 1.84. The van der Waals surface area contributed by atoms with E-state index in [2.05, 4.69) is 22.8 Å². The average molecular weight is 208 g/mol. The summed E-state index contributed by atoms with van der Waals surface area (Å²) in [6, 6.07) is 0. The van der Waals surface area contributed by atoms with E-state index in [1.165, 1.54) is 0 Å². The van der Waals surface area contributed by atoms with Crippen molar-refractivity contribution in [2.24, 2.45) is 0 Å². The summed E-state index contributed by atoms with van der Waals surface area (Å²) in [6.07, 6.45) is 0. The first-order valence-corrected chi connectivity index (χ1v) is 3.60. The number of hydrogen-bond acceptors (Lipinski definition) is 5. The Balaban J connectivity index is -0.000000121. The van der Waals surface area contributed by atoms with Gasteiger partial charge in [0.25, 0.3) is 5.97 Å². The molecule has 0 bridgehead atoms. The van der Waals surface area contributed by atoms with Gasteiger partial charge in [-0.15, -0.1) is 13.2 Å². The van der Waals surface area contributed by atoms with Crippen LogP contribution in [-0.2, 0) is 19.2 Å². The van der Waals surface area contributed by atoms with E-state index in [4.69, 9.17) is 15.2 Å². The van der Waals surface area contributed by atoms with Gasteiger partial charge < -0.3 is 14.7 Å². The molecule has 1 fully saturated rings. The monoisotopic (exact) mass is 208 g/mol. The predicted octanol–water partition coefficient (Wildman–Crippen LogP) is 0.932. The van der Waals surface area contributed by atoms with E-state index in [-0.39, 0.29) is 0 Å². The SMILES string of the molecule is C1CO1.C=C.CC(=O)O.CC(=O)OO. The number of aliphatic carboxylic acids is 1. The second-order valence-electron chi connectivity index (χ2n) is 1.71. The Kier molecular flexibility index (Phi) is 23.2. The largest absolute Gasteiger partial charge is 0.481 e. The number of rotatable bonds is 0. The van der Waals surface area contributed by atoms with E-state index >= 15 is 0 Å². The lowest BCUT2D eigenvalue weighted by molar-refractivity contribution is -0.231. The van der Waals surface area contributed by atoms with Crippen molar-refractivity contribution in [2.45, 2.75) is 13.8 Å². The third kappa shape index (κ3) is 382. The van der Waals surface area contributed by atoms with E-state index in [1.807, 2.05) is 0 Å². The van der Waals surface area contributed by atoms with Gasteiger partial charge in [0, 0.05) is 13.8 Å². The van der Waals surface area contributed by atoms with Crippen molar-refractivity contribution >= 4 is 11.9 Å². The lowest BCUT2D eigenvalue weighted by atomic mass is 10.9. The van der Waals surface area contributed by atoms with Crippen LogP contribution in [0.3, 0.4) is 0 Å². The summed E-state index contributed by atoms with van der Waals surface area (Å²) in [5, 5.41) is 14.7. The van der Waals surface area contributed by atoms with Gasteiger partial charge in [-0.1, -0.05) is 0 Å². The highest BCUT2D eigenvalue weighted by molar-refractivity contribution is 5.64. The molecule has 14 heavy (non-hydrogen) atoms. The molecule has 1 aliphatic heterocycles. The smallest absolute Gasteiger partial charge is 0.339 e. The molecule has 6 nitrogen and oxygen atoms in total. The van der Waals surface area contributed by atoms with Gasteiger partial charge in [-0.2, -0.15) is 5.26 Å². The Labute approximate surface area is 82.7 Å². The van der Waals surface area contributed by atoms with E-state index in [0.717, 1.165) is 27.1 Å². The molecule has 0 unspecified atom stereocenters. The van der Waals surface area contributed by atoms with E-state index in [0.29, 0.717) is 0 Å². The van der Waals surface area contributed by atoms with Gasteiger partial charge in [0.1, 0.15) is 0 Å². The summed E-state index contributed by atoms with van der Waals surface area (Å²) in [6.45, 7) is 10.2. The molecule has 0 aliphatic carbocycles. The first-order chi connectivity index (χ1) is 6.50. The van der Waals surface area contributed by atoms with Crippen molar-refractivity contribution in [2.75, 3.05) is 13.2 Å². The lowest BCUT2D eigenvalue weighted by Gasteiger charge is -1.76. The fourth-order valence-corrected chi connectivity index (χ4v) is 0. The summed E-state index contributed by atoms with van der Waals surface area (Å²) in [4.78, 5) is 21.5. The standard InChI is InChI=1S/C2H4O3.C2H4O2.C2H4O.C2H4/c1-2(3)5-4;1-2(3)4;1-2-3-1;1-2/h4H,1H3;1H3,(H,3,4);1-2H2;1-2H2. The predicted molar refractivity (Wildman–Crippen MR) is 49.8 cm³/mol. The number of carboxylic acids is 1. The zero-order valence-electron chi connectivity index (χ0n) is 8.36. The maximum Gasteiger partial charge on any atom is 0.339 e. The fourth-order valence-electron chi connectivity index (χ4n) is 0. The summed E-state index contributed by atoms with van der Waals surface area (Å²) < 4.78 is 4.50. The normalized spacial score (nSPS) is 9.64. The minimum absolute atomic E-state index is 0.690. The van der Waals surface area contributed by atoms with Gasteiger partial charge in [-0.05, 0) is 0 Å². The Bertz CT molecular complexity index is 136.